The molecule has 0 unspecified atom stereocenters. The first-order valence-corrected chi connectivity index (χ1v) is 7.54. The quantitative estimate of drug-likeness (QED) is 0.827. The number of ether oxygens (including phenoxy) is 2. The molecule has 0 atom stereocenters. The van der Waals surface area contributed by atoms with Gasteiger partial charge in [0.1, 0.15) is 11.5 Å². The summed E-state index contributed by atoms with van der Waals surface area (Å²) in [4.78, 5) is 24.3. The molecule has 0 aliphatic carbocycles. The van der Waals surface area contributed by atoms with Gasteiger partial charge in [-0.3, -0.25) is 9.59 Å². The molecular weight excluding hydrogens is 308 g/mol. The lowest BCUT2D eigenvalue weighted by Crippen LogP contribution is -2.29. The molecule has 6 heteroatoms. The monoisotopic (exact) mass is 328 g/mol. The van der Waals surface area contributed by atoms with E-state index in [4.69, 9.17) is 9.47 Å². The van der Waals surface area contributed by atoms with Crippen molar-refractivity contribution in [2.75, 3.05) is 24.4 Å². The van der Waals surface area contributed by atoms with Gasteiger partial charge >= 0.3 is 11.8 Å². The minimum absolute atomic E-state index is 0.440. The predicted molar refractivity (Wildman–Crippen MR) is 92.6 cm³/mol. The van der Waals surface area contributed by atoms with E-state index in [0.717, 1.165) is 5.56 Å². The normalized spacial score (nSPS) is 9.96. The molecule has 24 heavy (non-hydrogen) atoms. The molecule has 2 aromatic carbocycles. The highest BCUT2D eigenvalue weighted by atomic mass is 16.5. The van der Waals surface area contributed by atoms with E-state index < -0.39 is 11.8 Å². The van der Waals surface area contributed by atoms with Crippen molar-refractivity contribution in [3.63, 3.8) is 0 Å². The van der Waals surface area contributed by atoms with Crippen LogP contribution in [0.4, 0.5) is 11.4 Å². The van der Waals surface area contributed by atoms with E-state index in [2.05, 4.69) is 10.6 Å². The number of aryl methyl sites for hydroxylation is 1. The third kappa shape index (κ3) is 4.25. The number of carbonyl (C=O) groups excluding carboxylic acids is 2. The zero-order valence-electron chi connectivity index (χ0n) is 13.9. The molecule has 0 aliphatic rings. The fourth-order valence-corrected chi connectivity index (χ4v) is 2.13. The number of rotatable bonds is 5. The third-order valence-electron chi connectivity index (χ3n) is 3.24. The van der Waals surface area contributed by atoms with Crippen LogP contribution in [0.2, 0.25) is 0 Å². The van der Waals surface area contributed by atoms with Crippen LogP contribution in [-0.4, -0.2) is 25.5 Å². The summed E-state index contributed by atoms with van der Waals surface area (Å²) < 4.78 is 10.6. The Balaban J connectivity index is 2.11. The fourth-order valence-electron chi connectivity index (χ4n) is 2.13. The Labute approximate surface area is 140 Å². The van der Waals surface area contributed by atoms with Gasteiger partial charge in [-0.15, -0.1) is 0 Å². The number of para-hydroxylation sites is 2. The van der Waals surface area contributed by atoms with Crippen LogP contribution < -0.4 is 20.1 Å². The Kier molecular flexibility index (Phi) is 5.78. The molecule has 0 heterocycles. The van der Waals surface area contributed by atoms with Gasteiger partial charge in [0.25, 0.3) is 0 Å². The number of nitrogens with one attached hydrogen (secondary N) is 2. The van der Waals surface area contributed by atoms with E-state index in [0.29, 0.717) is 29.5 Å². The van der Waals surface area contributed by atoms with Gasteiger partial charge in [-0.2, -0.15) is 0 Å². The molecule has 2 aromatic rings. The van der Waals surface area contributed by atoms with Crippen molar-refractivity contribution in [1.82, 2.24) is 0 Å². The molecular formula is C18H20N2O4. The van der Waals surface area contributed by atoms with Crippen molar-refractivity contribution in [1.29, 1.82) is 0 Å². The maximum absolute atomic E-state index is 12.1. The van der Waals surface area contributed by atoms with E-state index in [1.54, 1.807) is 36.4 Å². The Morgan fingerprint density at radius 2 is 1.62 bits per heavy atom. The third-order valence-corrected chi connectivity index (χ3v) is 3.24. The molecule has 2 amide bonds. The van der Waals surface area contributed by atoms with E-state index in [1.165, 1.54) is 7.11 Å². The van der Waals surface area contributed by atoms with E-state index in [9.17, 15) is 9.59 Å². The lowest BCUT2D eigenvalue weighted by Gasteiger charge is -2.13. The summed E-state index contributed by atoms with van der Waals surface area (Å²) in [6.07, 6.45) is 0. The van der Waals surface area contributed by atoms with Gasteiger partial charge in [-0.25, -0.2) is 0 Å². The lowest BCUT2D eigenvalue weighted by atomic mass is 10.2. The van der Waals surface area contributed by atoms with Crippen LogP contribution >= 0.6 is 0 Å². The molecule has 2 N–H and O–H groups in total. The second-order valence-electron chi connectivity index (χ2n) is 5.04. The highest BCUT2D eigenvalue weighted by molar-refractivity contribution is 6.43. The number of hydrogen-bond donors (Lipinski definition) is 2. The van der Waals surface area contributed by atoms with Crippen LogP contribution in [0.5, 0.6) is 11.5 Å². The fraction of sp³-hybridized carbons (Fsp3) is 0.222. The topological polar surface area (TPSA) is 76.7 Å². The largest absolute Gasteiger partial charge is 0.495 e. The number of hydrogen-bond acceptors (Lipinski definition) is 4. The van der Waals surface area contributed by atoms with Crippen LogP contribution in [0.25, 0.3) is 0 Å². The van der Waals surface area contributed by atoms with Crippen LogP contribution in [-0.2, 0) is 9.59 Å². The van der Waals surface area contributed by atoms with Crippen molar-refractivity contribution < 1.29 is 19.1 Å². The summed E-state index contributed by atoms with van der Waals surface area (Å²) in [5.41, 5.74) is 1.82. The Morgan fingerprint density at radius 3 is 2.29 bits per heavy atom. The van der Waals surface area contributed by atoms with Gasteiger partial charge in [0.05, 0.1) is 25.1 Å². The van der Waals surface area contributed by atoms with Crippen molar-refractivity contribution >= 4 is 23.2 Å². The number of anilines is 2. The second kappa shape index (κ2) is 8.01. The summed E-state index contributed by atoms with van der Waals surface area (Å²) in [7, 11) is 1.50. The first-order chi connectivity index (χ1) is 11.5. The molecule has 126 valence electrons. The van der Waals surface area contributed by atoms with Crippen molar-refractivity contribution in [3.8, 4) is 11.5 Å². The maximum Gasteiger partial charge on any atom is 0.314 e. The van der Waals surface area contributed by atoms with Crippen LogP contribution in [0, 0.1) is 6.92 Å². The van der Waals surface area contributed by atoms with Gasteiger partial charge in [-0.1, -0.05) is 18.2 Å². The standard InChI is InChI=1S/C18H20N2O4/c1-4-24-16-8-6-5-7-13(16)19-17(21)18(22)20-14-11-12(2)9-10-15(14)23-3/h5-11H,4H2,1-3H3,(H,19,21)(H,20,22). The van der Waals surface area contributed by atoms with Gasteiger partial charge in [0.2, 0.25) is 0 Å². The highest BCUT2D eigenvalue weighted by Gasteiger charge is 2.17. The average Bonchev–Trinajstić information content (AvgIpc) is 2.57. The summed E-state index contributed by atoms with van der Waals surface area (Å²) in [6, 6.07) is 12.3. The predicted octanol–water partition coefficient (Wildman–Crippen LogP) is 2.98. The first kappa shape index (κ1) is 17.3. The Morgan fingerprint density at radius 1 is 0.958 bits per heavy atom. The molecule has 0 saturated heterocycles. The zero-order valence-corrected chi connectivity index (χ0v) is 13.9. The summed E-state index contributed by atoms with van der Waals surface area (Å²) in [6.45, 7) is 4.18. The maximum atomic E-state index is 12.1. The van der Waals surface area contributed by atoms with E-state index >= 15 is 0 Å². The Bertz CT molecular complexity index is 744. The molecule has 6 nitrogen and oxygen atoms in total. The smallest absolute Gasteiger partial charge is 0.314 e. The molecule has 0 saturated carbocycles. The van der Waals surface area contributed by atoms with Gasteiger partial charge in [0, 0.05) is 0 Å². The molecule has 0 radical (unpaired) electrons. The van der Waals surface area contributed by atoms with Gasteiger partial charge in [-0.05, 0) is 43.7 Å². The molecule has 0 spiro atoms. The van der Waals surface area contributed by atoms with Gasteiger partial charge in [0.15, 0.2) is 0 Å². The molecule has 0 aliphatic heterocycles. The molecule has 0 aromatic heterocycles. The SMILES string of the molecule is CCOc1ccccc1NC(=O)C(=O)Nc1cc(C)ccc1OC. The number of carbonyl (C=O) groups is 2. The van der Waals surface area contributed by atoms with Crippen molar-refractivity contribution in [2.24, 2.45) is 0 Å². The van der Waals surface area contributed by atoms with E-state index in [-0.39, 0.29) is 0 Å². The van der Waals surface area contributed by atoms with E-state index in [1.807, 2.05) is 19.9 Å². The minimum Gasteiger partial charge on any atom is -0.495 e. The Hall–Kier alpha value is -3.02. The molecule has 2 rings (SSSR count). The molecule has 0 bridgehead atoms. The minimum atomic E-state index is -0.787. The van der Waals surface area contributed by atoms with Crippen LogP contribution in [0.15, 0.2) is 42.5 Å². The highest BCUT2D eigenvalue weighted by Crippen LogP contribution is 2.26. The van der Waals surface area contributed by atoms with Gasteiger partial charge < -0.3 is 20.1 Å². The molecule has 0 fully saturated rings. The average molecular weight is 328 g/mol. The van der Waals surface area contributed by atoms with Crippen molar-refractivity contribution in [3.05, 3.63) is 48.0 Å². The summed E-state index contributed by atoms with van der Waals surface area (Å²) in [5.74, 6) is -0.582. The number of amides is 2. The summed E-state index contributed by atoms with van der Waals surface area (Å²) in [5, 5.41) is 5.11. The number of benzene rings is 2. The first-order valence-electron chi connectivity index (χ1n) is 7.54. The second-order valence-corrected chi connectivity index (χ2v) is 5.04. The van der Waals surface area contributed by atoms with Crippen molar-refractivity contribution in [2.45, 2.75) is 13.8 Å². The number of methoxy groups -OCH3 is 1. The van der Waals surface area contributed by atoms with Crippen LogP contribution in [0.1, 0.15) is 12.5 Å². The summed E-state index contributed by atoms with van der Waals surface area (Å²) >= 11 is 0. The lowest BCUT2D eigenvalue weighted by molar-refractivity contribution is -0.133. The van der Waals surface area contributed by atoms with Crippen LogP contribution in [0.3, 0.4) is 0 Å². The zero-order chi connectivity index (χ0) is 17.5.